The molecule has 0 saturated carbocycles. The minimum Gasteiger partial charge on any atom is -0.464 e. The molecule has 8 nitrogen and oxygen atoms in total. The molecule has 0 fully saturated rings. The summed E-state index contributed by atoms with van der Waals surface area (Å²) in [6.45, 7) is 2.70. The average molecular weight is 451 g/mol. The Labute approximate surface area is 182 Å². The Morgan fingerprint density at radius 3 is 1.60 bits per heavy atom. The van der Waals surface area contributed by atoms with Crippen LogP contribution in [0.2, 0.25) is 0 Å². The Balaban J connectivity index is 0.000000171. The van der Waals surface area contributed by atoms with Gasteiger partial charge in [0, 0.05) is 10.8 Å². The molecule has 160 valence electrons. The summed E-state index contributed by atoms with van der Waals surface area (Å²) in [7, 11) is 2.71. The first kappa shape index (κ1) is 22.3. The summed E-state index contributed by atoms with van der Waals surface area (Å²) in [6, 6.07) is 0. The van der Waals surface area contributed by atoms with E-state index in [1.165, 1.54) is 36.9 Å². The summed E-state index contributed by atoms with van der Waals surface area (Å²) >= 11 is 2.93. The highest BCUT2D eigenvalue weighted by Crippen LogP contribution is 2.25. The summed E-state index contributed by atoms with van der Waals surface area (Å²) in [5, 5.41) is 5.21. The predicted octanol–water partition coefficient (Wildman–Crippen LogP) is 3.47. The normalized spacial score (nSPS) is 15.9. The molecule has 2 aliphatic heterocycles. The molecule has 2 aromatic rings. The SMILES string of the molecule is COC(=O)c1csc(C2=CCOCC2)n1.COC(=O)c1csc(C2=CCOCC2)n1. The van der Waals surface area contributed by atoms with E-state index in [2.05, 4.69) is 19.4 Å². The lowest BCUT2D eigenvalue weighted by molar-refractivity contribution is 0.0586. The third kappa shape index (κ3) is 5.82. The van der Waals surface area contributed by atoms with Crippen LogP contribution in [-0.4, -0.2) is 62.6 Å². The number of ether oxygens (including phenoxy) is 4. The van der Waals surface area contributed by atoms with E-state index < -0.39 is 0 Å². The molecule has 0 saturated heterocycles. The van der Waals surface area contributed by atoms with Crippen LogP contribution in [0.1, 0.15) is 43.8 Å². The van der Waals surface area contributed by atoms with Gasteiger partial charge in [-0.1, -0.05) is 12.2 Å². The van der Waals surface area contributed by atoms with Crippen molar-refractivity contribution in [3.63, 3.8) is 0 Å². The van der Waals surface area contributed by atoms with Gasteiger partial charge in [0.25, 0.3) is 0 Å². The van der Waals surface area contributed by atoms with Crippen molar-refractivity contribution in [2.75, 3.05) is 40.6 Å². The van der Waals surface area contributed by atoms with Crippen molar-refractivity contribution in [1.82, 2.24) is 9.97 Å². The van der Waals surface area contributed by atoms with Crippen LogP contribution >= 0.6 is 22.7 Å². The van der Waals surface area contributed by atoms with Gasteiger partial charge in [0.1, 0.15) is 10.0 Å². The highest BCUT2D eigenvalue weighted by molar-refractivity contribution is 7.11. The van der Waals surface area contributed by atoms with Gasteiger partial charge in [-0.05, 0) is 24.0 Å². The Morgan fingerprint density at radius 2 is 1.27 bits per heavy atom. The third-order valence-corrected chi connectivity index (χ3v) is 6.11. The van der Waals surface area contributed by atoms with Crippen molar-refractivity contribution < 1.29 is 28.5 Å². The highest BCUT2D eigenvalue weighted by Gasteiger charge is 2.15. The molecular weight excluding hydrogens is 428 g/mol. The molecule has 0 radical (unpaired) electrons. The lowest BCUT2D eigenvalue weighted by Gasteiger charge is -2.10. The van der Waals surface area contributed by atoms with Crippen LogP contribution in [0.3, 0.4) is 0 Å². The molecule has 4 heterocycles. The van der Waals surface area contributed by atoms with Crippen molar-refractivity contribution in [3.05, 3.63) is 44.3 Å². The molecule has 0 unspecified atom stereocenters. The van der Waals surface area contributed by atoms with E-state index in [1.54, 1.807) is 10.8 Å². The van der Waals surface area contributed by atoms with Crippen LogP contribution in [0.15, 0.2) is 22.9 Å². The van der Waals surface area contributed by atoms with Gasteiger partial charge in [0.15, 0.2) is 11.4 Å². The number of esters is 2. The van der Waals surface area contributed by atoms with E-state index in [0.29, 0.717) is 24.6 Å². The maximum atomic E-state index is 11.2. The lowest BCUT2D eigenvalue weighted by Crippen LogP contribution is -2.05. The Kier molecular flexibility index (Phi) is 8.26. The number of methoxy groups -OCH3 is 2. The first-order chi connectivity index (χ1) is 14.6. The summed E-state index contributed by atoms with van der Waals surface area (Å²) in [5.74, 6) is -0.768. The zero-order valence-electron chi connectivity index (χ0n) is 16.7. The van der Waals surface area contributed by atoms with Crippen LogP contribution in [0.5, 0.6) is 0 Å². The number of thiazole rings is 2. The standard InChI is InChI=1S/2C10H11NO3S/c2*1-13-10(12)8-6-15-9(11-8)7-2-4-14-5-3-7/h2*2,6H,3-5H2,1H3. The summed E-state index contributed by atoms with van der Waals surface area (Å²) in [6.07, 6.45) is 5.72. The number of rotatable bonds is 4. The minimum absolute atomic E-state index is 0.380. The fourth-order valence-electron chi connectivity index (χ4n) is 2.68. The number of nitrogens with zero attached hydrogens (tertiary/aromatic N) is 2. The highest BCUT2D eigenvalue weighted by atomic mass is 32.1. The van der Waals surface area contributed by atoms with Gasteiger partial charge in [0.2, 0.25) is 0 Å². The maximum Gasteiger partial charge on any atom is 0.357 e. The van der Waals surface area contributed by atoms with Gasteiger partial charge in [-0.25, -0.2) is 19.6 Å². The number of hydrogen-bond donors (Lipinski definition) is 0. The van der Waals surface area contributed by atoms with Crippen LogP contribution < -0.4 is 0 Å². The summed E-state index contributed by atoms with van der Waals surface area (Å²) < 4.78 is 19.6. The Morgan fingerprint density at radius 1 is 0.833 bits per heavy atom. The number of carbonyl (C=O) groups excluding carboxylic acids is 2. The van der Waals surface area contributed by atoms with E-state index >= 15 is 0 Å². The van der Waals surface area contributed by atoms with Crippen molar-refractivity contribution in [1.29, 1.82) is 0 Å². The molecule has 0 atom stereocenters. The zero-order valence-corrected chi connectivity index (χ0v) is 18.3. The van der Waals surface area contributed by atoms with Gasteiger partial charge in [-0.3, -0.25) is 0 Å². The molecule has 0 N–H and O–H groups in total. The number of aromatic nitrogens is 2. The van der Waals surface area contributed by atoms with Gasteiger partial charge >= 0.3 is 11.9 Å². The molecule has 0 spiro atoms. The quantitative estimate of drug-likeness (QED) is 0.654. The second-order valence-corrected chi connectivity index (χ2v) is 7.88. The van der Waals surface area contributed by atoms with Crippen LogP contribution in [0, 0.1) is 0 Å². The van der Waals surface area contributed by atoms with Crippen molar-refractivity contribution in [3.8, 4) is 0 Å². The van der Waals surface area contributed by atoms with E-state index in [-0.39, 0.29) is 11.9 Å². The van der Waals surface area contributed by atoms with Gasteiger partial charge < -0.3 is 18.9 Å². The Bertz CT molecular complexity index is 871. The minimum atomic E-state index is -0.384. The monoisotopic (exact) mass is 450 g/mol. The molecule has 30 heavy (non-hydrogen) atoms. The fourth-order valence-corrected chi connectivity index (χ4v) is 4.40. The van der Waals surface area contributed by atoms with Crippen LogP contribution in [0.4, 0.5) is 0 Å². The van der Waals surface area contributed by atoms with Crippen molar-refractivity contribution >= 4 is 45.8 Å². The molecule has 0 amide bonds. The van der Waals surface area contributed by atoms with E-state index in [0.717, 1.165) is 47.2 Å². The summed E-state index contributed by atoms with van der Waals surface area (Å²) in [5.41, 5.74) is 3.07. The molecule has 0 bridgehead atoms. The first-order valence-corrected chi connectivity index (χ1v) is 11.0. The summed E-state index contributed by atoms with van der Waals surface area (Å²) in [4.78, 5) is 30.8. The average Bonchev–Trinajstić information content (AvgIpc) is 3.50. The van der Waals surface area contributed by atoms with Gasteiger partial charge in [0.05, 0.1) is 40.6 Å². The Hall–Kier alpha value is -2.40. The van der Waals surface area contributed by atoms with Gasteiger partial charge in [-0.2, -0.15) is 0 Å². The van der Waals surface area contributed by atoms with Crippen LogP contribution in [0.25, 0.3) is 11.1 Å². The van der Waals surface area contributed by atoms with Gasteiger partial charge in [-0.15, -0.1) is 22.7 Å². The largest absolute Gasteiger partial charge is 0.464 e. The van der Waals surface area contributed by atoms with E-state index in [9.17, 15) is 9.59 Å². The molecule has 0 aromatic carbocycles. The van der Waals surface area contributed by atoms with Crippen molar-refractivity contribution in [2.45, 2.75) is 12.8 Å². The number of carbonyl (C=O) groups is 2. The lowest BCUT2D eigenvalue weighted by atomic mass is 10.2. The maximum absolute atomic E-state index is 11.2. The molecule has 10 heteroatoms. The zero-order chi connectivity index (χ0) is 21.3. The molecule has 2 aliphatic rings. The topological polar surface area (TPSA) is 96.8 Å². The second kappa shape index (κ2) is 11.1. The first-order valence-electron chi connectivity index (χ1n) is 9.24. The second-order valence-electron chi connectivity index (χ2n) is 6.17. The smallest absolute Gasteiger partial charge is 0.357 e. The van der Waals surface area contributed by atoms with Crippen molar-refractivity contribution in [2.24, 2.45) is 0 Å². The third-order valence-electron chi connectivity index (χ3n) is 4.27. The predicted molar refractivity (Wildman–Crippen MR) is 114 cm³/mol. The fraction of sp³-hybridized carbons (Fsp3) is 0.400. The van der Waals surface area contributed by atoms with Crippen LogP contribution in [-0.2, 0) is 18.9 Å². The molecule has 0 aliphatic carbocycles. The number of hydrogen-bond acceptors (Lipinski definition) is 10. The molecule has 4 rings (SSSR count). The molecular formula is C20H22N2O6S2. The molecule has 2 aromatic heterocycles. The van der Waals surface area contributed by atoms with E-state index in [4.69, 9.17) is 9.47 Å². The van der Waals surface area contributed by atoms with E-state index in [1.807, 2.05) is 12.2 Å².